The highest BCUT2D eigenvalue weighted by molar-refractivity contribution is 6.01. The number of nitrogens with one attached hydrogen (secondary N) is 3. The first-order valence-electron chi connectivity index (χ1n) is 9.30. The molecule has 1 saturated carbocycles. The van der Waals surface area contributed by atoms with Crippen LogP contribution in [0.3, 0.4) is 0 Å². The average molecular weight is 383 g/mol. The lowest BCUT2D eigenvalue weighted by Gasteiger charge is -2.13. The van der Waals surface area contributed by atoms with Gasteiger partial charge in [-0.25, -0.2) is 4.79 Å². The molecule has 2 aromatic rings. The summed E-state index contributed by atoms with van der Waals surface area (Å²) in [5.41, 5.74) is 1.65. The van der Waals surface area contributed by atoms with E-state index in [1.165, 1.54) is 20.0 Å². The number of ether oxygens (including phenoxy) is 2. The predicted octanol–water partition coefficient (Wildman–Crippen LogP) is 4.02. The van der Waals surface area contributed by atoms with Gasteiger partial charge in [0.2, 0.25) is 0 Å². The molecule has 3 N–H and O–H groups in total. The Morgan fingerprint density at radius 1 is 0.929 bits per heavy atom. The minimum Gasteiger partial charge on any atom is -0.497 e. The molecule has 1 aliphatic rings. The average Bonchev–Trinajstić information content (AvgIpc) is 3.21. The van der Waals surface area contributed by atoms with Crippen molar-refractivity contribution in [3.63, 3.8) is 0 Å². The molecule has 0 radical (unpaired) electrons. The van der Waals surface area contributed by atoms with E-state index in [2.05, 4.69) is 16.0 Å². The van der Waals surface area contributed by atoms with Gasteiger partial charge in [-0.05, 0) is 49.2 Å². The molecule has 7 nitrogen and oxygen atoms in total. The Morgan fingerprint density at radius 2 is 1.64 bits per heavy atom. The summed E-state index contributed by atoms with van der Waals surface area (Å²) in [4.78, 5) is 24.6. The second-order valence-electron chi connectivity index (χ2n) is 6.68. The van der Waals surface area contributed by atoms with Crippen molar-refractivity contribution < 1.29 is 19.1 Å². The van der Waals surface area contributed by atoms with Crippen molar-refractivity contribution in [2.24, 2.45) is 0 Å². The van der Waals surface area contributed by atoms with Gasteiger partial charge in [0.1, 0.15) is 11.5 Å². The highest BCUT2D eigenvalue weighted by Gasteiger charge is 2.18. The van der Waals surface area contributed by atoms with E-state index in [9.17, 15) is 9.59 Å². The molecule has 1 aliphatic carbocycles. The van der Waals surface area contributed by atoms with E-state index in [-0.39, 0.29) is 11.9 Å². The van der Waals surface area contributed by atoms with Crippen LogP contribution in [-0.4, -0.2) is 32.2 Å². The second kappa shape index (κ2) is 9.12. The van der Waals surface area contributed by atoms with Crippen LogP contribution < -0.4 is 25.4 Å². The van der Waals surface area contributed by atoms with Crippen molar-refractivity contribution in [3.05, 3.63) is 48.0 Å². The van der Waals surface area contributed by atoms with E-state index in [0.717, 1.165) is 12.8 Å². The van der Waals surface area contributed by atoms with Crippen LogP contribution in [0, 0.1) is 0 Å². The highest BCUT2D eigenvalue weighted by atomic mass is 16.5. The van der Waals surface area contributed by atoms with Gasteiger partial charge in [-0.3, -0.25) is 4.79 Å². The van der Waals surface area contributed by atoms with Crippen LogP contribution in [0.5, 0.6) is 11.5 Å². The Hall–Kier alpha value is -3.22. The molecule has 0 heterocycles. The van der Waals surface area contributed by atoms with Crippen molar-refractivity contribution >= 4 is 23.3 Å². The zero-order valence-corrected chi connectivity index (χ0v) is 16.1. The largest absolute Gasteiger partial charge is 0.497 e. The van der Waals surface area contributed by atoms with Crippen molar-refractivity contribution in [2.45, 2.75) is 31.7 Å². The molecule has 3 amide bonds. The Balaban J connectivity index is 1.59. The van der Waals surface area contributed by atoms with E-state index in [4.69, 9.17) is 9.47 Å². The van der Waals surface area contributed by atoms with Gasteiger partial charge in [-0.15, -0.1) is 0 Å². The minimum absolute atomic E-state index is 0.0796. The third-order valence-electron chi connectivity index (χ3n) is 4.75. The summed E-state index contributed by atoms with van der Waals surface area (Å²) < 4.78 is 10.4. The smallest absolute Gasteiger partial charge is 0.323 e. The van der Waals surface area contributed by atoms with Gasteiger partial charge < -0.3 is 25.4 Å². The molecule has 0 unspecified atom stereocenters. The van der Waals surface area contributed by atoms with E-state index in [0.29, 0.717) is 28.4 Å². The SMILES string of the molecule is COc1ccc(OC)c(NC(=O)Nc2ccc(C(=O)NC3CCCC3)cc2)c1. The monoisotopic (exact) mass is 383 g/mol. The van der Waals surface area contributed by atoms with Gasteiger partial charge in [-0.1, -0.05) is 12.8 Å². The molecule has 148 valence electrons. The first kappa shape index (κ1) is 19.5. The Labute approximate surface area is 164 Å². The molecule has 7 heteroatoms. The summed E-state index contributed by atoms with van der Waals surface area (Å²) >= 11 is 0. The van der Waals surface area contributed by atoms with Gasteiger partial charge >= 0.3 is 6.03 Å². The molecule has 1 fully saturated rings. The number of anilines is 2. The molecule has 0 aliphatic heterocycles. The first-order chi connectivity index (χ1) is 13.6. The third-order valence-corrected chi connectivity index (χ3v) is 4.75. The molecule has 3 rings (SSSR count). The standard InChI is InChI=1S/C21H25N3O4/c1-27-17-11-12-19(28-2)18(13-17)24-21(26)23-16-9-7-14(8-10-16)20(25)22-15-5-3-4-6-15/h7-13,15H,3-6H2,1-2H3,(H,22,25)(H2,23,24,26). The topological polar surface area (TPSA) is 88.7 Å². The zero-order chi connectivity index (χ0) is 19.9. The molecule has 0 spiro atoms. The Kier molecular flexibility index (Phi) is 6.37. The summed E-state index contributed by atoms with van der Waals surface area (Å²) in [6, 6.07) is 11.8. The minimum atomic E-state index is -0.422. The quantitative estimate of drug-likeness (QED) is 0.703. The van der Waals surface area contributed by atoms with Gasteiger partial charge in [-0.2, -0.15) is 0 Å². The Bertz CT molecular complexity index is 830. The number of carbonyl (C=O) groups is 2. The van der Waals surface area contributed by atoms with Gasteiger partial charge in [0.15, 0.2) is 0 Å². The van der Waals surface area contributed by atoms with Crippen molar-refractivity contribution in [2.75, 3.05) is 24.9 Å². The highest BCUT2D eigenvalue weighted by Crippen LogP contribution is 2.29. The summed E-state index contributed by atoms with van der Waals surface area (Å²) in [7, 11) is 3.08. The normalized spacial score (nSPS) is 13.6. The zero-order valence-electron chi connectivity index (χ0n) is 16.1. The fourth-order valence-corrected chi connectivity index (χ4v) is 3.24. The molecule has 0 bridgehead atoms. The van der Waals surface area contributed by atoms with E-state index in [1.807, 2.05) is 0 Å². The first-order valence-corrected chi connectivity index (χ1v) is 9.30. The summed E-state index contributed by atoms with van der Waals surface area (Å²) in [5, 5.41) is 8.52. The number of hydrogen-bond acceptors (Lipinski definition) is 4. The van der Waals surface area contributed by atoms with Gasteiger partial charge in [0, 0.05) is 23.4 Å². The van der Waals surface area contributed by atoms with Gasteiger partial charge in [0.25, 0.3) is 5.91 Å². The number of rotatable bonds is 6. The van der Waals surface area contributed by atoms with Crippen molar-refractivity contribution in [1.82, 2.24) is 5.32 Å². The summed E-state index contributed by atoms with van der Waals surface area (Å²) in [6.45, 7) is 0. The van der Waals surface area contributed by atoms with Crippen LogP contribution in [-0.2, 0) is 0 Å². The summed E-state index contributed by atoms with van der Waals surface area (Å²) in [5.74, 6) is 1.05. The maximum Gasteiger partial charge on any atom is 0.323 e. The van der Waals surface area contributed by atoms with Crippen LogP contribution in [0.15, 0.2) is 42.5 Å². The molecule has 0 atom stereocenters. The number of methoxy groups -OCH3 is 2. The predicted molar refractivity (Wildman–Crippen MR) is 108 cm³/mol. The van der Waals surface area contributed by atoms with Crippen LogP contribution in [0.4, 0.5) is 16.2 Å². The van der Waals surface area contributed by atoms with Crippen LogP contribution in [0.25, 0.3) is 0 Å². The fourth-order valence-electron chi connectivity index (χ4n) is 3.24. The van der Waals surface area contributed by atoms with Crippen LogP contribution >= 0.6 is 0 Å². The number of hydrogen-bond donors (Lipinski definition) is 3. The van der Waals surface area contributed by atoms with E-state index < -0.39 is 6.03 Å². The molecular formula is C21H25N3O4. The lowest BCUT2D eigenvalue weighted by Crippen LogP contribution is -2.32. The Morgan fingerprint density at radius 3 is 2.29 bits per heavy atom. The number of amides is 3. The summed E-state index contributed by atoms with van der Waals surface area (Å²) in [6.07, 6.45) is 4.42. The molecular weight excluding hydrogens is 358 g/mol. The van der Waals surface area contributed by atoms with Crippen molar-refractivity contribution in [1.29, 1.82) is 0 Å². The maximum atomic E-state index is 12.3. The van der Waals surface area contributed by atoms with Crippen LogP contribution in [0.2, 0.25) is 0 Å². The second-order valence-corrected chi connectivity index (χ2v) is 6.68. The third kappa shape index (κ3) is 4.94. The van der Waals surface area contributed by atoms with Crippen molar-refractivity contribution in [3.8, 4) is 11.5 Å². The van der Waals surface area contributed by atoms with Gasteiger partial charge in [0.05, 0.1) is 19.9 Å². The van der Waals surface area contributed by atoms with E-state index >= 15 is 0 Å². The lowest BCUT2D eigenvalue weighted by molar-refractivity contribution is 0.0938. The number of benzene rings is 2. The molecule has 28 heavy (non-hydrogen) atoms. The number of carbonyl (C=O) groups excluding carboxylic acids is 2. The molecule has 2 aromatic carbocycles. The van der Waals surface area contributed by atoms with E-state index in [1.54, 1.807) is 49.6 Å². The number of urea groups is 1. The molecule has 0 saturated heterocycles. The molecule has 0 aromatic heterocycles. The van der Waals surface area contributed by atoms with Crippen LogP contribution in [0.1, 0.15) is 36.0 Å². The maximum absolute atomic E-state index is 12.3. The lowest BCUT2D eigenvalue weighted by atomic mass is 10.1. The fraction of sp³-hybridized carbons (Fsp3) is 0.333.